The summed E-state index contributed by atoms with van der Waals surface area (Å²) < 4.78 is 37.9. The maximum atomic E-state index is 12.6. The minimum absolute atomic E-state index is 0.0835. The number of carbonyl (C=O) groups is 1. The molecule has 1 aromatic rings. The molecule has 1 saturated heterocycles. The number of amides is 1. The number of anilines is 1. The van der Waals surface area contributed by atoms with Crippen LogP contribution in [0.1, 0.15) is 23.3 Å². The molecule has 18 heavy (non-hydrogen) atoms. The molecule has 100 valence electrons. The SMILES string of the molecule is Nc1c[nH]c(C(=O)N2CCCC(C(F)(F)F)C2)c1. The van der Waals surface area contributed by atoms with Gasteiger partial charge >= 0.3 is 6.18 Å². The maximum absolute atomic E-state index is 12.6. The van der Waals surface area contributed by atoms with Crippen LogP contribution in [0.3, 0.4) is 0 Å². The first-order valence-electron chi connectivity index (χ1n) is 5.68. The number of nitrogens with one attached hydrogen (secondary N) is 1. The third-order valence-corrected chi connectivity index (χ3v) is 3.11. The number of nitrogen functional groups attached to an aromatic ring is 1. The number of nitrogens with two attached hydrogens (primary N) is 1. The van der Waals surface area contributed by atoms with Gasteiger partial charge < -0.3 is 15.6 Å². The third-order valence-electron chi connectivity index (χ3n) is 3.11. The van der Waals surface area contributed by atoms with Crippen molar-refractivity contribution in [2.75, 3.05) is 18.8 Å². The summed E-state index contributed by atoms with van der Waals surface area (Å²) in [5.41, 5.74) is 6.08. The molecule has 0 aliphatic carbocycles. The number of likely N-dealkylation sites (tertiary alicyclic amines) is 1. The zero-order valence-electron chi connectivity index (χ0n) is 9.63. The molecular formula is C11H14F3N3O. The molecule has 1 aromatic heterocycles. The molecule has 1 atom stereocenters. The van der Waals surface area contributed by atoms with Gasteiger partial charge in [-0.25, -0.2) is 0 Å². The van der Waals surface area contributed by atoms with Crippen LogP contribution in [0.4, 0.5) is 18.9 Å². The number of aromatic amines is 1. The van der Waals surface area contributed by atoms with Crippen LogP contribution in [-0.4, -0.2) is 35.1 Å². The number of hydrogen-bond donors (Lipinski definition) is 2. The molecule has 1 amide bonds. The monoisotopic (exact) mass is 261 g/mol. The fourth-order valence-electron chi connectivity index (χ4n) is 2.13. The molecule has 4 nitrogen and oxygen atoms in total. The Bertz CT molecular complexity index is 441. The zero-order valence-corrected chi connectivity index (χ0v) is 9.63. The van der Waals surface area contributed by atoms with Crippen LogP contribution in [0.5, 0.6) is 0 Å². The number of nitrogens with zero attached hydrogens (tertiary/aromatic N) is 1. The first-order valence-corrected chi connectivity index (χ1v) is 5.68. The van der Waals surface area contributed by atoms with Crippen molar-refractivity contribution in [1.82, 2.24) is 9.88 Å². The van der Waals surface area contributed by atoms with E-state index in [1.54, 1.807) is 0 Å². The molecule has 1 aliphatic heterocycles. The normalized spacial score (nSPS) is 21.1. The van der Waals surface area contributed by atoms with E-state index in [1.165, 1.54) is 17.2 Å². The lowest BCUT2D eigenvalue weighted by Gasteiger charge is -2.33. The van der Waals surface area contributed by atoms with Gasteiger partial charge in [0, 0.05) is 25.0 Å². The highest BCUT2D eigenvalue weighted by atomic mass is 19.4. The Morgan fingerprint density at radius 2 is 2.22 bits per heavy atom. The van der Waals surface area contributed by atoms with Gasteiger partial charge in [0.25, 0.3) is 5.91 Å². The number of rotatable bonds is 1. The second-order valence-corrected chi connectivity index (χ2v) is 4.48. The van der Waals surface area contributed by atoms with Crippen LogP contribution < -0.4 is 5.73 Å². The van der Waals surface area contributed by atoms with E-state index in [2.05, 4.69) is 4.98 Å². The molecule has 3 N–H and O–H groups in total. The van der Waals surface area contributed by atoms with Crippen molar-refractivity contribution in [3.63, 3.8) is 0 Å². The Morgan fingerprint density at radius 1 is 1.50 bits per heavy atom. The van der Waals surface area contributed by atoms with E-state index in [4.69, 9.17) is 5.73 Å². The standard InChI is InChI=1S/C11H14F3N3O/c12-11(13,14)7-2-1-3-17(6-7)10(18)9-4-8(15)5-16-9/h4-5,7,16H,1-3,6,15H2. The molecule has 7 heteroatoms. The number of hydrogen-bond acceptors (Lipinski definition) is 2. The van der Waals surface area contributed by atoms with Gasteiger partial charge in [-0.2, -0.15) is 13.2 Å². The fourth-order valence-corrected chi connectivity index (χ4v) is 2.13. The highest BCUT2D eigenvalue weighted by Gasteiger charge is 2.42. The van der Waals surface area contributed by atoms with Crippen LogP contribution >= 0.6 is 0 Å². The smallest absolute Gasteiger partial charge is 0.393 e. The van der Waals surface area contributed by atoms with Gasteiger partial charge in [0.15, 0.2) is 0 Å². The lowest BCUT2D eigenvalue weighted by Crippen LogP contribution is -2.44. The van der Waals surface area contributed by atoms with Crippen LogP contribution in [0.15, 0.2) is 12.3 Å². The molecule has 2 rings (SSSR count). The number of carbonyl (C=O) groups excluding carboxylic acids is 1. The number of H-pyrrole nitrogens is 1. The third kappa shape index (κ3) is 2.60. The Hall–Kier alpha value is -1.66. The van der Waals surface area contributed by atoms with Crippen molar-refractivity contribution in [2.45, 2.75) is 19.0 Å². The Balaban J connectivity index is 2.07. The van der Waals surface area contributed by atoms with Gasteiger partial charge in [0.2, 0.25) is 0 Å². The van der Waals surface area contributed by atoms with Gasteiger partial charge in [-0.05, 0) is 18.9 Å². The van der Waals surface area contributed by atoms with Gasteiger partial charge in [-0.15, -0.1) is 0 Å². The molecule has 0 radical (unpaired) electrons. The summed E-state index contributed by atoms with van der Waals surface area (Å²) in [5, 5.41) is 0. The molecule has 1 fully saturated rings. The van der Waals surface area contributed by atoms with Crippen LogP contribution in [-0.2, 0) is 0 Å². The van der Waals surface area contributed by atoms with Crippen molar-refractivity contribution in [2.24, 2.45) is 5.92 Å². The van der Waals surface area contributed by atoms with Crippen LogP contribution in [0, 0.1) is 5.92 Å². The minimum atomic E-state index is -4.24. The Kier molecular flexibility index (Phi) is 3.23. The second kappa shape index (κ2) is 4.55. The van der Waals surface area contributed by atoms with Crippen molar-refractivity contribution in [3.05, 3.63) is 18.0 Å². The summed E-state index contributed by atoms with van der Waals surface area (Å²) in [4.78, 5) is 15.8. The van der Waals surface area contributed by atoms with E-state index >= 15 is 0 Å². The lowest BCUT2D eigenvalue weighted by molar-refractivity contribution is -0.184. The van der Waals surface area contributed by atoms with Crippen molar-refractivity contribution >= 4 is 11.6 Å². The summed E-state index contributed by atoms with van der Waals surface area (Å²) in [6.45, 7) is 0.0750. The highest BCUT2D eigenvalue weighted by molar-refractivity contribution is 5.93. The van der Waals surface area contributed by atoms with E-state index in [0.29, 0.717) is 18.7 Å². The number of aromatic nitrogens is 1. The number of halogens is 3. The fraction of sp³-hybridized carbons (Fsp3) is 0.545. The zero-order chi connectivity index (χ0) is 13.3. The first kappa shape index (κ1) is 12.8. The van der Waals surface area contributed by atoms with Crippen LogP contribution in [0.2, 0.25) is 0 Å². The molecule has 0 bridgehead atoms. The molecular weight excluding hydrogens is 247 g/mol. The Labute approximate surface area is 102 Å². The Morgan fingerprint density at radius 3 is 2.78 bits per heavy atom. The average molecular weight is 261 g/mol. The predicted molar refractivity (Wildman–Crippen MR) is 59.9 cm³/mol. The minimum Gasteiger partial charge on any atom is -0.397 e. The molecule has 0 saturated carbocycles. The van der Waals surface area contributed by atoms with E-state index < -0.39 is 18.0 Å². The van der Waals surface area contributed by atoms with Gasteiger partial charge in [-0.1, -0.05) is 0 Å². The highest BCUT2D eigenvalue weighted by Crippen LogP contribution is 2.33. The van der Waals surface area contributed by atoms with Crippen molar-refractivity contribution in [3.8, 4) is 0 Å². The van der Waals surface area contributed by atoms with E-state index in [-0.39, 0.29) is 18.7 Å². The molecule has 0 spiro atoms. The number of alkyl halides is 3. The van der Waals surface area contributed by atoms with E-state index in [0.717, 1.165) is 0 Å². The topological polar surface area (TPSA) is 62.1 Å². The first-order chi connectivity index (χ1) is 8.38. The summed E-state index contributed by atoms with van der Waals surface area (Å²) in [6.07, 6.45) is -2.35. The lowest BCUT2D eigenvalue weighted by atomic mass is 9.97. The van der Waals surface area contributed by atoms with Crippen molar-refractivity contribution < 1.29 is 18.0 Å². The summed E-state index contributed by atoms with van der Waals surface area (Å²) in [5.74, 6) is -1.86. The number of piperidine rings is 1. The van der Waals surface area contributed by atoms with Gasteiger partial charge in [0.1, 0.15) is 5.69 Å². The van der Waals surface area contributed by atoms with E-state index in [1.807, 2.05) is 0 Å². The second-order valence-electron chi connectivity index (χ2n) is 4.48. The summed E-state index contributed by atoms with van der Waals surface area (Å²) in [6, 6.07) is 1.43. The molecule has 1 unspecified atom stereocenters. The maximum Gasteiger partial charge on any atom is 0.393 e. The summed E-state index contributed by atoms with van der Waals surface area (Å²) in [7, 11) is 0. The van der Waals surface area contributed by atoms with Crippen molar-refractivity contribution in [1.29, 1.82) is 0 Å². The molecule has 2 heterocycles. The predicted octanol–water partition coefficient (Wildman–Crippen LogP) is 2.01. The molecule has 0 aromatic carbocycles. The van der Waals surface area contributed by atoms with Gasteiger partial charge in [0.05, 0.1) is 5.92 Å². The molecule has 1 aliphatic rings. The quantitative estimate of drug-likeness (QED) is 0.812. The average Bonchev–Trinajstić information content (AvgIpc) is 2.74. The van der Waals surface area contributed by atoms with Gasteiger partial charge in [-0.3, -0.25) is 4.79 Å². The van der Waals surface area contributed by atoms with Crippen LogP contribution in [0.25, 0.3) is 0 Å². The van der Waals surface area contributed by atoms with E-state index in [9.17, 15) is 18.0 Å². The largest absolute Gasteiger partial charge is 0.397 e. The summed E-state index contributed by atoms with van der Waals surface area (Å²) >= 11 is 0.